The number of rotatable bonds is 11. The van der Waals surface area contributed by atoms with Gasteiger partial charge in [0, 0.05) is 43.9 Å². The Morgan fingerprint density at radius 3 is 2.48 bits per heavy atom. The summed E-state index contributed by atoms with van der Waals surface area (Å²) >= 11 is 0. The summed E-state index contributed by atoms with van der Waals surface area (Å²) in [4.78, 5) is 17.8. The Morgan fingerprint density at radius 2 is 2.00 bits per heavy atom. The fourth-order valence-electron chi connectivity index (χ4n) is 2.91. The molecular formula is C22H32F2N4O. The summed E-state index contributed by atoms with van der Waals surface area (Å²) in [5.74, 6) is -2.55. The number of nitrogens with one attached hydrogen (secondary N) is 1. The van der Waals surface area contributed by atoms with Gasteiger partial charge in [-0.3, -0.25) is 4.79 Å². The summed E-state index contributed by atoms with van der Waals surface area (Å²) in [5.41, 5.74) is 6.45. The highest BCUT2D eigenvalue weighted by Crippen LogP contribution is 2.28. The van der Waals surface area contributed by atoms with Gasteiger partial charge in [0.1, 0.15) is 0 Å². The third-order valence-corrected chi connectivity index (χ3v) is 4.18. The number of aliphatic imine (C=N–C) groups is 1. The molecule has 0 radical (unpaired) electrons. The first-order valence-electron chi connectivity index (χ1n) is 9.75. The Kier molecular flexibility index (Phi) is 9.51. The Hall–Kier alpha value is -2.70. The highest BCUT2D eigenvalue weighted by Gasteiger charge is 2.24. The van der Waals surface area contributed by atoms with Gasteiger partial charge in [-0.25, -0.2) is 13.8 Å². The van der Waals surface area contributed by atoms with E-state index in [0.29, 0.717) is 23.8 Å². The molecule has 0 aliphatic heterocycles. The molecule has 0 bridgehead atoms. The summed E-state index contributed by atoms with van der Waals surface area (Å²) in [6, 6.07) is 5.95. The Balaban J connectivity index is 3.04. The van der Waals surface area contributed by atoms with E-state index in [4.69, 9.17) is 5.73 Å². The maximum Gasteiger partial charge on any atom is 0.270 e. The Morgan fingerprint density at radius 1 is 1.38 bits per heavy atom. The molecule has 1 rings (SSSR count). The number of primary amides is 1. The molecule has 0 saturated carbocycles. The first-order chi connectivity index (χ1) is 13.6. The minimum atomic E-state index is -2.89. The molecule has 0 spiro atoms. The van der Waals surface area contributed by atoms with E-state index in [2.05, 4.69) is 28.7 Å². The fourth-order valence-corrected chi connectivity index (χ4v) is 2.91. The summed E-state index contributed by atoms with van der Waals surface area (Å²) in [7, 11) is 0. The van der Waals surface area contributed by atoms with Crippen LogP contribution >= 0.6 is 0 Å². The van der Waals surface area contributed by atoms with Crippen molar-refractivity contribution in [2.75, 3.05) is 18.4 Å². The number of benzene rings is 1. The largest absolute Gasteiger partial charge is 0.370 e. The zero-order chi connectivity index (χ0) is 22.0. The van der Waals surface area contributed by atoms with Crippen LogP contribution in [0.3, 0.4) is 0 Å². The van der Waals surface area contributed by atoms with E-state index in [0.717, 1.165) is 19.9 Å². The van der Waals surface area contributed by atoms with Crippen LogP contribution in [0, 0.1) is 5.92 Å². The van der Waals surface area contributed by atoms with Gasteiger partial charge in [0.2, 0.25) is 5.91 Å². The maximum absolute atomic E-state index is 13.4. The third kappa shape index (κ3) is 8.46. The molecule has 1 aromatic rings. The molecule has 0 aliphatic carbocycles. The lowest BCUT2D eigenvalue weighted by Gasteiger charge is -2.29. The molecule has 160 valence electrons. The molecule has 1 amide bonds. The number of hydrogen-bond donors (Lipinski definition) is 2. The summed E-state index contributed by atoms with van der Waals surface area (Å²) in [6.07, 6.45) is 4.64. The zero-order valence-corrected chi connectivity index (χ0v) is 17.7. The minimum Gasteiger partial charge on any atom is -0.370 e. The van der Waals surface area contributed by atoms with E-state index in [9.17, 15) is 13.6 Å². The molecule has 0 fully saturated rings. The lowest BCUT2D eigenvalue weighted by molar-refractivity contribution is -0.118. The molecule has 1 atom stereocenters. The summed E-state index contributed by atoms with van der Waals surface area (Å²) in [6.45, 7) is 12.1. The minimum absolute atomic E-state index is 0.0497. The second-order valence-corrected chi connectivity index (χ2v) is 7.23. The quantitative estimate of drug-likeness (QED) is 0.406. The van der Waals surface area contributed by atoms with Crippen molar-refractivity contribution in [1.82, 2.24) is 4.90 Å². The van der Waals surface area contributed by atoms with E-state index in [1.165, 1.54) is 12.1 Å². The maximum atomic E-state index is 13.4. The van der Waals surface area contributed by atoms with Crippen molar-refractivity contribution in [1.29, 1.82) is 0 Å². The molecule has 3 N–H and O–H groups in total. The van der Waals surface area contributed by atoms with E-state index >= 15 is 0 Å². The molecule has 0 aromatic heterocycles. The summed E-state index contributed by atoms with van der Waals surface area (Å²) in [5, 5.41) is 3.15. The molecular weight excluding hydrogens is 374 g/mol. The molecule has 1 unspecified atom stereocenters. The second-order valence-electron chi connectivity index (χ2n) is 7.23. The number of carbonyl (C=O) groups is 1. The molecule has 7 heteroatoms. The Labute approximate surface area is 172 Å². The predicted molar refractivity (Wildman–Crippen MR) is 116 cm³/mol. The molecule has 29 heavy (non-hydrogen) atoms. The van der Waals surface area contributed by atoms with Crippen LogP contribution in [0.4, 0.5) is 14.5 Å². The molecule has 0 aliphatic rings. The smallest absolute Gasteiger partial charge is 0.270 e. The number of hydrogen-bond acceptors (Lipinski definition) is 3. The molecule has 1 aromatic carbocycles. The summed E-state index contributed by atoms with van der Waals surface area (Å²) < 4.78 is 26.8. The second kappa shape index (κ2) is 11.3. The van der Waals surface area contributed by atoms with Gasteiger partial charge in [0.15, 0.2) is 5.84 Å². The van der Waals surface area contributed by atoms with E-state index < -0.39 is 5.92 Å². The average molecular weight is 407 g/mol. The monoisotopic (exact) mass is 406 g/mol. The van der Waals surface area contributed by atoms with Crippen molar-refractivity contribution >= 4 is 17.4 Å². The number of nitrogens with zero attached hydrogens (tertiary/aromatic N) is 2. The number of amides is 1. The highest BCUT2D eigenvalue weighted by molar-refractivity contribution is 6.00. The van der Waals surface area contributed by atoms with Crippen LogP contribution in [0.1, 0.15) is 46.1 Å². The van der Waals surface area contributed by atoms with Gasteiger partial charge in [-0.15, -0.1) is 0 Å². The number of carbonyl (C=O) groups excluding carboxylic acids is 1. The van der Waals surface area contributed by atoms with E-state index in [1.807, 2.05) is 19.9 Å². The number of halogens is 2. The number of nitrogens with two attached hydrogens (primary N) is 1. The number of alkyl halides is 2. The Bertz CT molecular complexity index is 736. The lowest BCUT2D eigenvalue weighted by Crippen LogP contribution is -2.38. The third-order valence-electron chi connectivity index (χ3n) is 4.18. The molecule has 5 nitrogen and oxygen atoms in total. The van der Waals surface area contributed by atoms with Gasteiger partial charge in [-0.1, -0.05) is 38.6 Å². The molecule has 0 saturated heterocycles. The van der Waals surface area contributed by atoms with Crippen LogP contribution in [-0.4, -0.2) is 29.7 Å². The van der Waals surface area contributed by atoms with Crippen molar-refractivity contribution in [2.24, 2.45) is 16.6 Å². The van der Waals surface area contributed by atoms with Crippen LogP contribution in [-0.2, 0) is 10.7 Å². The van der Waals surface area contributed by atoms with E-state index in [-0.39, 0.29) is 23.8 Å². The number of allylic oxidation sites excluding steroid dienone is 1. The van der Waals surface area contributed by atoms with Gasteiger partial charge in [-0.05, 0) is 31.4 Å². The SMILES string of the molecule is C=C(Nc1ccc(C(C)(F)F)cc1)/C(=N\C=C/C)N(CCC)CC(C)CC(N)=O. The topological polar surface area (TPSA) is 70.7 Å². The van der Waals surface area contributed by atoms with Crippen molar-refractivity contribution in [3.05, 3.63) is 54.4 Å². The van der Waals surface area contributed by atoms with Gasteiger partial charge >= 0.3 is 0 Å². The highest BCUT2D eigenvalue weighted by atomic mass is 19.3. The lowest BCUT2D eigenvalue weighted by atomic mass is 10.1. The predicted octanol–water partition coefficient (Wildman–Crippen LogP) is 4.88. The average Bonchev–Trinajstić information content (AvgIpc) is 2.61. The van der Waals surface area contributed by atoms with Crippen molar-refractivity contribution in [2.45, 2.75) is 46.5 Å². The van der Waals surface area contributed by atoms with E-state index in [1.54, 1.807) is 18.3 Å². The van der Waals surface area contributed by atoms with Gasteiger partial charge in [0.25, 0.3) is 5.92 Å². The van der Waals surface area contributed by atoms with Crippen LogP contribution in [0.25, 0.3) is 0 Å². The first kappa shape index (κ1) is 24.3. The van der Waals surface area contributed by atoms with Crippen molar-refractivity contribution in [3.8, 4) is 0 Å². The molecule has 0 heterocycles. The normalized spacial score (nSPS) is 13.4. The van der Waals surface area contributed by atoms with Gasteiger partial charge in [-0.2, -0.15) is 0 Å². The van der Waals surface area contributed by atoms with Crippen LogP contribution in [0.5, 0.6) is 0 Å². The zero-order valence-electron chi connectivity index (χ0n) is 17.7. The van der Waals surface area contributed by atoms with Gasteiger partial charge < -0.3 is 16.0 Å². The first-order valence-corrected chi connectivity index (χ1v) is 9.75. The van der Waals surface area contributed by atoms with Crippen LogP contribution < -0.4 is 11.1 Å². The van der Waals surface area contributed by atoms with Crippen molar-refractivity contribution in [3.63, 3.8) is 0 Å². The standard InChI is InChI=1S/C22H32F2N4O/c1-6-12-26-21(28(13-7-2)15-16(3)14-20(25)29)17(4)27-19-10-8-18(9-11-19)22(5,23)24/h6,8-12,16,27H,4,7,13-15H2,1-3,5H3,(H2,25,29)/b12-6-,26-21+. The van der Waals surface area contributed by atoms with Crippen LogP contribution in [0.2, 0.25) is 0 Å². The number of anilines is 1. The van der Waals surface area contributed by atoms with Gasteiger partial charge in [0.05, 0.1) is 5.70 Å². The van der Waals surface area contributed by atoms with Crippen molar-refractivity contribution < 1.29 is 13.6 Å². The fraction of sp³-hybridized carbons (Fsp3) is 0.455. The van der Waals surface area contributed by atoms with Crippen LogP contribution in [0.15, 0.2) is 53.8 Å². The number of amidine groups is 1.